The van der Waals surface area contributed by atoms with Crippen molar-refractivity contribution in [2.24, 2.45) is 5.92 Å². The molecule has 0 spiro atoms. The molecule has 1 aromatic rings. The second-order valence-corrected chi connectivity index (χ2v) is 9.35. The van der Waals surface area contributed by atoms with E-state index in [1.807, 2.05) is 0 Å². The third-order valence-electron chi connectivity index (χ3n) is 6.51. The first-order valence-electron chi connectivity index (χ1n) is 10.3. The van der Waals surface area contributed by atoms with Gasteiger partial charge >= 0.3 is 0 Å². The third kappa shape index (κ3) is 5.58. The molecule has 2 aliphatic heterocycles. The molecule has 0 saturated carbocycles. The van der Waals surface area contributed by atoms with Crippen LogP contribution in [0.5, 0.6) is 0 Å². The summed E-state index contributed by atoms with van der Waals surface area (Å²) < 4.78 is 0. The lowest BCUT2D eigenvalue weighted by Crippen LogP contribution is -2.50. The lowest BCUT2D eigenvalue weighted by atomic mass is 9.76. The van der Waals surface area contributed by atoms with Crippen LogP contribution in [0.3, 0.4) is 0 Å². The van der Waals surface area contributed by atoms with Gasteiger partial charge in [0.05, 0.1) is 0 Å². The van der Waals surface area contributed by atoms with E-state index in [0.717, 1.165) is 55.3 Å². The minimum atomic E-state index is 0.629. The van der Waals surface area contributed by atoms with E-state index >= 15 is 0 Å². The molecule has 1 N–H and O–H groups in total. The molecule has 0 amide bonds. The van der Waals surface area contributed by atoms with Crippen molar-refractivity contribution in [2.75, 3.05) is 51.3 Å². The molecule has 0 radical (unpaired) electrons. The Morgan fingerprint density at radius 2 is 1.89 bits per heavy atom. The van der Waals surface area contributed by atoms with Crippen molar-refractivity contribution < 1.29 is 0 Å². The predicted molar refractivity (Wildman–Crippen MR) is 124 cm³/mol. The van der Waals surface area contributed by atoms with Gasteiger partial charge in [-0.15, -0.1) is 0 Å². The number of benzene rings is 1. The SMILES string of the molecule is CN1C2CCC1[C@@H](CN(CCS)CCNCCS)[C@@H](c1ccc(Cl)cc1)C2. The number of nitrogens with one attached hydrogen (secondary N) is 1. The zero-order valence-electron chi connectivity index (χ0n) is 16.4. The van der Waals surface area contributed by atoms with Gasteiger partial charge in [-0.2, -0.15) is 25.3 Å². The van der Waals surface area contributed by atoms with Crippen LogP contribution in [0.15, 0.2) is 24.3 Å². The molecule has 6 heteroatoms. The van der Waals surface area contributed by atoms with Crippen LogP contribution in [0, 0.1) is 5.92 Å². The lowest BCUT2D eigenvalue weighted by molar-refractivity contribution is 0.0728. The van der Waals surface area contributed by atoms with E-state index < -0.39 is 0 Å². The van der Waals surface area contributed by atoms with Crippen LogP contribution in [0.1, 0.15) is 30.7 Å². The van der Waals surface area contributed by atoms with Crippen LogP contribution in [-0.4, -0.2) is 73.2 Å². The van der Waals surface area contributed by atoms with E-state index in [1.165, 1.54) is 24.8 Å². The fourth-order valence-electron chi connectivity index (χ4n) is 5.09. The van der Waals surface area contributed by atoms with Gasteiger partial charge in [-0.3, -0.25) is 0 Å². The Morgan fingerprint density at radius 3 is 2.59 bits per heavy atom. The van der Waals surface area contributed by atoms with Crippen molar-refractivity contribution >= 4 is 36.9 Å². The summed E-state index contributed by atoms with van der Waals surface area (Å²) >= 11 is 15.0. The zero-order valence-corrected chi connectivity index (χ0v) is 18.9. The molecule has 2 aliphatic rings. The first-order valence-corrected chi connectivity index (χ1v) is 11.9. The summed E-state index contributed by atoms with van der Waals surface area (Å²) in [6, 6.07) is 10.0. The molecule has 152 valence electrons. The van der Waals surface area contributed by atoms with Gasteiger partial charge in [-0.25, -0.2) is 0 Å². The number of fused-ring (bicyclic) bond motifs is 2. The molecule has 1 aromatic carbocycles. The van der Waals surface area contributed by atoms with Gasteiger partial charge in [-0.1, -0.05) is 23.7 Å². The molecular weight excluding hydrogens is 394 g/mol. The van der Waals surface area contributed by atoms with Crippen molar-refractivity contribution in [3.8, 4) is 0 Å². The van der Waals surface area contributed by atoms with Crippen molar-refractivity contribution in [1.82, 2.24) is 15.1 Å². The number of piperidine rings is 1. The molecule has 4 atom stereocenters. The first kappa shape index (κ1) is 21.8. The monoisotopic (exact) mass is 427 g/mol. The molecule has 0 aliphatic carbocycles. The van der Waals surface area contributed by atoms with Crippen LogP contribution >= 0.6 is 36.9 Å². The van der Waals surface area contributed by atoms with Crippen LogP contribution < -0.4 is 5.32 Å². The quantitative estimate of drug-likeness (QED) is 0.391. The molecule has 2 saturated heterocycles. The minimum Gasteiger partial charge on any atom is -0.315 e. The van der Waals surface area contributed by atoms with E-state index in [-0.39, 0.29) is 0 Å². The largest absolute Gasteiger partial charge is 0.315 e. The second kappa shape index (κ2) is 10.7. The predicted octanol–water partition coefficient (Wildman–Crippen LogP) is 3.66. The molecule has 27 heavy (non-hydrogen) atoms. The maximum absolute atomic E-state index is 6.15. The highest BCUT2D eigenvalue weighted by molar-refractivity contribution is 7.80. The van der Waals surface area contributed by atoms with Crippen molar-refractivity contribution in [3.63, 3.8) is 0 Å². The standard InChI is InChI=1S/C21H34ClN3S2/c1-24-18-6-7-21(24)20(15-25(11-13-27)10-8-23-9-12-26)19(14-18)16-2-4-17(22)5-3-16/h2-5,18-21,23,26-27H,6-15H2,1H3/t18?,19-,20+,21?/m1/s1. The number of hydrogen-bond donors (Lipinski definition) is 3. The van der Waals surface area contributed by atoms with Crippen LogP contribution in [0.2, 0.25) is 5.02 Å². The summed E-state index contributed by atoms with van der Waals surface area (Å²) in [5.74, 6) is 3.10. The Bertz CT molecular complexity index is 571. The summed E-state index contributed by atoms with van der Waals surface area (Å²) in [6.07, 6.45) is 3.95. The highest BCUT2D eigenvalue weighted by Gasteiger charge is 2.46. The van der Waals surface area contributed by atoms with Crippen molar-refractivity contribution in [1.29, 1.82) is 0 Å². The van der Waals surface area contributed by atoms with Crippen molar-refractivity contribution in [2.45, 2.75) is 37.3 Å². The van der Waals surface area contributed by atoms with Gasteiger partial charge < -0.3 is 15.1 Å². The number of thiol groups is 2. The van der Waals surface area contributed by atoms with E-state index in [0.29, 0.717) is 17.9 Å². The number of hydrogen-bond acceptors (Lipinski definition) is 5. The number of halogens is 1. The van der Waals surface area contributed by atoms with Crippen LogP contribution in [0.25, 0.3) is 0 Å². The maximum atomic E-state index is 6.15. The molecule has 2 bridgehead atoms. The Kier molecular flexibility index (Phi) is 8.67. The fourth-order valence-corrected chi connectivity index (χ4v) is 5.66. The van der Waals surface area contributed by atoms with Gasteiger partial charge in [0.1, 0.15) is 0 Å². The molecular formula is C21H34ClN3S2. The summed E-state index contributed by atoms with van der Waals surface area (Å²) in [4.78, 5) is 5.27. The van der Waals surface area contributed by atoms with Gasteiger partial charge in [0, 0.05) is 61.3 Å². The Balaban J connectivity index is 1.73. The highest BCUT2D eigenvalue weighted by atomic mass is 35.5. The average molecular weight is 428 g/mol. The number of rotatable bonds is 10. The summed E-state index contributed by atoms with van der Waals surface area (Å²) in [5.41, 5.74) is 1.47. The Morgan fingerprint density at radius 1 is 1.11 bits per heavy atom. The van der Waals surface area contributed by atoms with Gasteiger partial charge in [0.15, 0.2) is 0 Å². The fraction of sp³-hybridized carbons (Fsp3) is 0.714. The molecule has 2 fully saturated rings. The zero-order chi connectivity index (χ0) is 19.2. The van der Waals surface area contributed by atoms with Crippen LogP contribution in [-0.2, 0) is 0 Å². The summed E-state index contributed by atoms with van der Waals surface area (Å²) in [7, 11) is 2.34. The average Bonchev–Trinajstić information content (AvgIpc) is 2.91. The van der Waals surface area contributed by atoms with Crippen molar-refractivity contribution in [3.05, 3.63) is 34.9 Å². The highest BCUT2D eigenvalue weighted by Crippen LogP contribution is 2.46. The van der Waals surface area contributed by atoms with Gasteiger partial charge in [0.25, 0.3) is 0 Å². The first-order chi connectivity index (χ1) is 13.1. The van der Waals surface area contributed by atoms with Crippen LogP contribution in [0.4, 0.5) is 0 Å². The molecule has 0 aromatic heterocycles. The maximum Gasteiger partial charge on any atom is 0.0406 e. The smallest absolute Gasteiger partial charge is 0.0406 e. The van der Waals surface area contributed by atoms with E-state index in [1.54, 1.807) is 0 Å². The Hall–Kier alpha value is 0.0900. The van der Waals surface area contributed by atoms with Gasteiger partial charge in [0.2, 0.25) is 0 Å². The topological polar surface area (TPSA) is 18.5 Å². The molecule has 3 rings (SSSR count). The molecule has 3 nitrogen and oxygen atoms in total. The van der Waals surface area contributed by atoms with Gasteiger partial charge in [-0.05, 0) is 55.8 Å². The van der Waals surface area contributed by atoms with E-state index in [9.17, 15) is 0 Å². The number of nitrogens with zero attached hydrogens (tertiary/aromatic N) is 2. The second-order valence-electron chi connectivity index (χ2n) is 8.02. The minimum absolute atomic E-state index is 0.629. The molecule has 2 unspecified atom stereocenters. The van der Waals surface area contributed by atoms with E-state index in [2.05, 4.69) is 71.7 Å². The Labute approximate surface area is 181 Å². The summed E-state index contributed by atoms with van der Waals surface area (Å²) in [6.45, 7) is 5.28. The summed E-state index contributed by atoms with van der Waals surface area (Å²) in [5, 5.41) is 4.32. The third-order valence-corrected chi connectivity index (χ3v) is 7.18. The lowest BCUT2D eigenvalue weighted by Gasteiger charge is -2.45. The van der Waals surface area contributed by atoms with E-state index in [4.69, 9.17) is 11.6 Å². The normalized spacial score (nSPS) is 28.2. The molecule has 2 heterocycles.